The molecule has 0 bridgehead atoms. The second-order valence-corrected chi connectivity index (χ2v) is 16.2. The van der Waals surface area contributed by atoms with E-state index in [2.05, 4.69) is 6.07 Å². The van der Waals surface area contributed by atoms with Gasteiger partial charge in [0.2, 0.25) is 19.7 Å². The van der Waals surface area contributed by atoms with Crippen molar-refractivity contribution in [2.24, 2.45) is 5.73 Å². The molecule has 0 heterocycles. The molecular formula is C38H41N3O4S2. The number of amidine groups is 1. The summed E-state index contributed by atoms with van der Waals surface area (Å²) in [6.45, 7) is 0. The number of hydrogen-bond acceptors (Lipinski definition) is 6. The highest BCUT2D eigenvalue weighted by molar-refractivity contribution is 7.91. The standard InChI is InChI=1S/C19H22N2O2S.C19H19NO2S/c20-19(21)12-9-14-5-4-6-15-13-17(10-11-18(14)15)24(22,23)16-7-2-1-3-8-16;20-13-5-8-15-6-4-7-16-14-18(11-12-19(15)16)23(21,22)17-9-2-1-3-10-17/h1-3,7-8,10-11,13-14H,4-6,9,12H2,(H3,20,21);1-3,9-12,14-15H,4-8H2. The molecule has 47 heavy (non-hydrogen) atoms. The molecule has 4 aromatic carbocycles. The van der Waals surface area contributed by atoms with Crippen LogP contribution in [0.3, 0.4) is 0 Å². The van der Waals surface area contributed by atoms with E-state index >= 15 is 0 Å². The number of fused-ring (bicyclic) bond motifs is 2. The van der Waals surface area contributed by atoms with E-state index in [4.69, 9.17) is 16.4 Å². The van der Waals surface area contributed by atoms with Gasteiger partial charge < -0.3 is 5.73 Å². The van der Waals surface area contributed by atoms with Crippen LogP contribution in [0.2, 0.25) is 0 Å². The van der Waals surface area contributed by atoms with Crippen molar-refractivity contribution in [3.05, 3.63) is 119 Å². The molecule has 6 rings (SSSR count). The summed E-state index contributed by atoms with van der Waals surface area (Å²) >= 11 is 0. The molecule has 3 N–H and O–H groups in total. The van der Waals surface area contributed by atoms with E-state index in [1.807, 2.05) is 36.4 Å². The van der Waals surface area contributed by atoms with E-state index in [-0.39, 0.29) is 5.84 Å². The van der Waals surface area contributed by atoms with E-state index in [0.717, 1.165) is 62.5 Å². The number of rotatable bonds is 9. The van der Waals surface area contributed by atoms with Crippen molar-refractivity contribution in [3.63, 3.8) is 0 Å². The Morgan fingerprint density at radius 2 is 1.13 bits per heavy atom. The van der Waals surface area contributed by atoms with Crippen molar-refractivity contribution >= 4 is 25.5 Å². The molecule has 0 aromatic heterocycles. The Hall–Kier alpha value is -4.26. The van der Waals surface area contributed by atoms with Gasteiger partial charge in [-0.2, -0.15) is 5.26 Å². The fourth-order valence-corrected chi connectivity index (χ4v) is 9.42. The van der Waals surface area contributed by atoms with Gasteiger partial charge in [-0.3, -0.25) is 5.41 Å². The molecule has 2 aliphatic carbocycles. The zero-order chi connectivity index (χ0) is 33.4. The molecule has 0 radical (unpaired) electrons. The summed E-state index contributed by atoms with van der Waals surface area (Å²) in [7, 11) is -6.93. The van der Waals surface area contributed by atoms with Crippen molar-refractivity contribution in [2.45, 2.75) is 95.6 Å². The van der Waals surface area contributed by atoms with Crippen molar-refractivity contribution in [2.75, 3.05) is 0 Å². The van der Waals surface area contributed by atoms with Crippen LogP contribution in [0.1, 0.15) is 85.5 Å². The summed E-state index contributed by atoms with van der Waals surface area (Å²) in [5, 5.41) is 16.2. The van der Waals surface area contributed by atoms with Crippen molar-refractivity contribution in [3.8, 4) is 6.07 Å². The molecule has 0 amide bonds. The zero-order valence-corrected chi connectivity index (χ0v) is 28.1. The molecular weight excluding hydrogens is 627 g/mol. The molecule has 244 valence electrons. The van der Waals surface area contributed by atoms with Gasteiger partial charge in [-0.05, 0) is 134 Å². The number of nitriles is 1. The predicted octanol–water partition coefficient (Wildman–Crippen LogP) is 7.90. The lowest BCUT2D eigenvalue weighted by molar-refractivity contribution is 0.525. The fraction of sp³-hybridized carbons (Fsp3) is 0.316. The number of sulfone groups is 2. The minimum atomic E-state index is -3.47. The summed E-state index contributed by atoms with van der Waals surface area (Å²) < 4.78 is 51.0. The third-order valence-electron chi connectivity index (χ3n) is 9.20. The average molecular weight is 668 g/mol. The van der Waals surface area contributed by atoms with Crippen LogP contribution in [0.5, 0.6) is 0 Å². The molecule has 7 nitrogen and oxygen atoms in total. The first kappa shape index (κ1) is 34.1. The van der Waals surface area contributed by atoms with Crippen LogP contribution >= 0.6 is 0 Å². The van der Waals surface area contributed by atoms with E-state index < -0.39 is 19.7 Å². The summed E-state index contributed by atoms with van der Waals surface area (Å²) in [6.07, 6.45) is 8.93. The Balaban J connectivity index is 0.000000185. The third kappa shape index (κ3) is 8.01. The monoisotopic (exact) mass is 667 g/mol. The topological polar surface area (TPSA) is 142 Å². The maximum atomic E-state index is 12.8. The number of aryl methyl sites for hydroxylation is 2. The smallest absolute Gasteiger partial charge is 0.206 e. The van der Waals surface area contributed by atoms with E-state index in [1.54, 1.807) is 60.7 Å². The SMILES string of the molecule is N#CCCC1CCCc2cc(S(=O)(=O)c3ccccc3)ccc21.N=C(N)CCC1CCCc2cc(S(=O)(=O)c3ccccc3)ccc21. The highest BCUT2D eigenvalue weighted by Gasteiger charge is 2.25. The lowest BCUT2D eigenvalue weighted by Gasteiger charge is -2.26. The summed E-state index contributed by atoms with van der Waals surface area (Å²) in [5.41, 5.74) is 10.2. The Bertz CT molecular complexity index is 1970. The molecule has 2 aliphatic rings. The fourth-order valence-electron chi connectivity index (χ4n) is 6.76. The number of nitrogens with zero attached hydrogens (tertiary/aromatic N) is 1. The predicted molar refractivity (Wildman–Crippen MR) is 184 cm³/mol. The average Bonchev–Trinajstić information content (AvgIpc) is 3.10. The first-order valence-corrected chi connectivity index (χ1v) is 19.1. The molecule has 0 saturated carbocycles. The van der Waals surface area contributed by atoms with Crippen LogP contribution in [-0.2, 0) is 32.5 Å². The maximum absolute atomic E-state index is 12.8. The Morgan fingerprint density at radius 3 is 1.55 bits per heavy atom. The van der Waals surface area contributed by atoms with Crippen LogP contribution in [-0.4, -0.2) is 22.7 Å². The lowest BCUT2D eigenvalue weighted by atomic mass is 9.80. The Morgan fingerprint density at radius 1 is 0.681 bits per heavy atom. The first-order valence-electron chi connectivity index (χ1n) is 16.2. The van der Waals surface area contributed by atoms with E-state index in [0.29, 0.717) is 44.3 Å². The van der Waals surface area contributed by atoms with Gasteiger partial charge in [-0.15, -0.1) is 0 Å². The van der Waals surface area contributed by atoms with Gasteiger partial charge in [0.15, 0.2) is 0 Å². The van der Waals surface area contributed by atoms with Crippen molar-refractivity contribution in [1.29, 1.82) is 10.7 Å². The number of benzene rings is 4. The van der Waals surface area contributed by atoms with Gasteiger partial charge >= 0.3 is 0 Å². The Kier molecular flexibility index (Phi) is 10.9. The molecule has 0 fully saturated rings. The largest absolute Gasteiger partial charge is 0.388 e. The van der Waals surface area contributed by atoms with Gasteiger partial charge in [-0.1, -0.05) is 48.5 Å². The third-order valence-corrected chi connectivity index (χ3v) is 12.7. The van der Waals surface area contributed by atoms with E-state index in [9.17, 15) is 16.8 Å². The van der Waals surface area contributed by atoms with Gasteiger partial charge in [-0.25, -0.2) is 16.8 Å². The van der Waals surface area contributed by atoms with Gasteiger partial charge in [0.1, 0.15) is 0 Å². The number of nitrogens with two attached hydrogens (primary N) is 1. The van der Waals surface area contributed by atoms with Gasteiger partial charge in [0.05, 0.1) is 31.5 Å². The normalized spacial score (nSPS) is 17.3. The lowest BCUT2D eigenvalue weighted by Crippen LogP contribution is -2.15. The van der Waals surface area contributed by atoms with Gasteiger partial charge in [0.25, 0.3) is 0 Å². The highest BCUT2D eigenvalue weighted by Crippen LogP contribution is 2.38. The second-order valence-electron chi connectivity index (χ2n) is 12.3. The molecule has 0 spiro atoms. The molecule has 0 aliphatic heterocycles. The Labute approximate surface area is 278 Å². The zero-order valence-electron chi connectivity index (χ0n) is 26.4. The molecule has 0 saturated heterocycles. The maximum Gasteiger partial charge on any atom is 0.206 e. The minimum absolute atomic E-state index is 0.213. The van der Waals surface area contributed by atoms with Crippen molar-refractivity contribution < 1.29 is 16.8 Å². The quantitative estimate of drug-likeness (QED) is 0.137. The van der Waals surface area contributed by atoms with Gasteiger partial charge in [0, 0.05) is 12.8 Å². The molecule has 9 heteroatoms. The summed E-state index contributed by atoms with van der Waals surface area (Å²) in [5.74, 6) is 0.961. The van der Waals surface area contributed by atoms with Crippen LogP contribution in [0, 0.1) is 16.7 Å². The molecule has 4 aromatic rings. The number of nitrogens with one attached hydrogen (secondary N) is 1. The van der Waals surface area contributed by atoms with Crippen molar-refractivity contribution in [1.82, 2.24) is 0 Å². The second kappa shape index (κ2) is 15.1. The number of hydrogen-bond donors (Lipinski definition) is 2. The highest BCUT2D eigenvalue weighted by atomic mass is 32.2. The first-order chi connectivity index (χ1) is 22.6. The molecule has 2 atom stereocenters. The summed E-state index contributed by atoms with van der Waals surface area (Å²) in [4.78, 5) is 1.38. The summed E-state index contributed by atoms with van der Waals surface area (Å²) in [6, 6.07) is 30.3. The van der Waals surface area contributed by atoms with Crippen LogP contribution < -0.4 is 5.73 Å². The van der Waals surface area contributed by atoms with Crippen LogP contribution in [0.4, 0.5) is 0 Å². The van der Waals surface area contributed by atoms with Crippen LogP contribution in [0.15, 0.2) is 117 Å². The molecule has 2 unspecified atom stereocenters. The van der Waals surface area contributed by atoms with E-state index in [1.165, 1.54) is 11.1 Å². The minimum Gasteiger partial charge on any atom is -0.388 e. The van der Waals surface area contributed by atoms with Crippen LogP contribution in [0.25, 0.3) is 0 Å².